The Labute approximate surface area is 144 Å². The van der Waals surface area contributed by atoms with Crippen LogP contribution in [0.25, 0.3) is 11.0 Å². The Morgan fingerprint density at radius 3 is 2.83 bits per heavy atom. The van der Waals surface area contributed by atoms with Gasteiger partial charge in [0.1, 0.15) is 11.6 Å². The zero-order valence-electron chi connectivity index (χ0n) is 13.6. The molecule has 0 bridgehead atoms. The molecular weight excluding hydrogens is 329 g/mol. The molecule has 0 radical (unpaired) electrons. The summed E-state index contributed by atoms with van der Waals surface area (Å²) < 4.78 is 15.4. The number of nitrogens with one attached hydrogen (secondary N) is 1. The normalized spacial score (nSPS) is 12.7. The molecule has 4 nitrogen and oxygen atoms in total. The van der Waals surface area contributed by atoms with Crippen LogP contribution in [0.5, 0.6) is 0 Å². The number of nitrogens with zero attached hydrogens (tertiary/aromatic N) is 2. The van der Waals surface area contributed by atoms with E-state index in [2.05, 4.69) is 10.3 Å². The Hall–Kier alpha value is -1.95. The Kier molecular flexibility index (Phi) is 4.85. The minimum absolute atomic E-state index is 0.00352. The molecule has 6 heteroatoms. The predicted molar refractivity (Wildman–Crippen MR) is 93.3 cm³/mol. The topological polar surface area (TPSA) is 50.1 Å². The van der Waals surface area contributed by atoms with Crippen LogP contribution in [-0.4, -0.2) is 14.7 Å². The molecule has 0 spiro atoms. The number of hydrogen-bond acceptors (Lipinski definition) is 3. The van der Waals surface area contributed by atoms with Crippen molar-refractivity contribution in [1.29, 1.82) is 0 Å². The van der Waals surface area contributed by atoms with Gasteiger partial charge < -0.3 is 15.0 Å². The van der Waals surface area contributed by atoms with E-state index in [4.69, 9.17) is 16.7 Å². The fourth-order valence-electron chi connectivity index (χ4n) is 2.79. The smallest absolute Gasteiger partial charge is 0.128 e. The second-order valence-corrected chi connectivity index (χ2v) is 6.28. The van der Waals surface area contributed by atoms with Crippen molar-refractivity contribution in [1.82, 2.24) is 14.9 Å². The van der Waals surface area contributed by atoms with Gasteiger partial charge in [-0.05, 0) is 42.8 Å². The highest BCUT2D eigenvalue weighted by Crippen LogP contribution is 2.23. The number of aliphatic hydroxyl groups is 1. The van der Waals surface area contributed by atoms with Gasteiger partial charge in [0.15, 0.2) is 0 Å². The van der Waals surface area contributed by atoms with Crippen LogP contribution in [0.4, 0.5) is 4.39 Å². The standard InChI is InChI=1S/C18H19ClFN3O/c1-11(21-9-12-3-5-15(20)13(7-12)10-24)18-22-16-6-4-14(19)8-17(16)23(18)2/h3-8,11,21,24H,9-10H2,1-2H3. The summed E-state index contributed by atoms with van der Waals surface area (Å²) in [4.78, 5) is 4.66. The number of benzene rings is 2. The van der Waals surface area contributed by atoms with Gasteiger partial charge in [0, 0.05) is 24.2 Å². The Balaban J connectivity index is 1.78. The number of halogens is 2. The number of rotatable bonds is 5. The van der Waals surface area contributed by atoms with E-state index < -0.39 is 0 Å². The summed E-state index contributed by atoms with van der Waals surface area (Å²) in [5.74, 6) is 0.512. The lowest BCUT2D eigenvalue weighted by atomic mass is 10.1. The molecule has 1 heterocycles. The van der Waals surface area contributed by atoms with Gasteiger partial charge in [-0.3, -0.25) is 0 Å². The average molecular weight is 348 g/mol. The second-order valence-electron chi connectivity index (χ2n) is 5.85. The molecule has 0 aliphatic carbocycles. The van der Waals surface area contributed by atoms with E-state index in [9.17, 15) is 4.39 Å². The molecule has 2 aromatic carbocycles. The molecule has 0 aliphatic heterocycles. The quantitative estimate of drug-likeness (QED) is 0.739. The summed E-state index contributed by atoms with van der Waals surface area (Å²) in [5, 5.41) is 13.2. The van der Waals surface area contributed by atoms with Crippen LogP contribution in [0.1, 0.15) is 29.9 Å². The van der Waals surface area contributed by atoms with Gasteiger partial charge in [-0.25, -0.2) is 9.37 Å². The number of hydrogen-bond donors (Lipinski definition) is 2. The van der Waals surface area contributed by atoms with E-state index in [0.29, 0.717) is 17.1 Å². The molecule has 1 aromatic heterocycles. The predicted octanol–water partition coefficient (Wildman–Crippen LogP) is 3.71. The fourth-order valence-corrected chi connectivity index (χ4v) is 2.96. The molecule has 0 saturated heterocycles. The molecule has 3 rings (SSSR count). The van der Waals surface area contributed by atoms with Crippen molar-refractivity contribution in [3.8, 4) is 0 Å². The lowest BCUT2D eigenvalue weighted by Crippen LogP contribution is -2.21. The highest BCUT2D eigenvalue weighted by molar-refractivity contribution is 6.31. The van der Waals surface area contributed by atoms with Crippen molar-refractivity contribution in [3.05, 3.63) is 64.2 Å². The van der Waals surface area contributed by atoms with Crippen LogP contribution >= 0.6 is 11.6 Å². The first-order chi connectivity index (χ1) is 11.5. The number of aromatic nitrogens is 2. The van der Waals surface area contributed by atoms with E-state index in [1.54, 1.807) is 12.1 Å². The van der Waals surface area contributed by atoms with Gasteiger partial charge in [-0.15, -0.1) is 0 Å². The number of aryl methyl sites for hydroxylation is 1. The third-order valence-electron chi connectivity index (χ3n) is 4.16. The molecular formula is C18H19ClFN3O. The molecule has 0 fully saturated rings. The van der Waals surface area contributed by atoms with Gasteiger partial charge in [0.25, 0.3) is 0 Å². The van der Waals surface area contributed by atoms with Crippen LogP contribution in [0.2, 0.25) is 5.02 Å². The fraction of sp³-hybridized carbons (Fsp3) is 0.278. The van der Waals surface area contributed by atoms with Crippen LogP contribution in [0.3, 0.4) is 0 Å². The number of fused-ring (bicyclic) bond motifs is 1. The molecule has 0 saturated carbocycles. The van der Waals surface area contributed by atoms with E-state index in [1.807, 2.05) is 36.7 Å². The lowest BCUT2D eigenvalue weighted by molar-refractivity contribution is 0.275. The molecule has 0 amide bonds. The summed E-state index contributed by atoms with van der Waals surface area (Å²) in [7, 11) is 1.96. The first kappa shape index (κ1) is 16.9. The monoisotopic (exact) mass is 347 g/mol. The summed E-state index contributed by atoms with van der Waals surface area (Å²) in [5.41, 5.74) is 3.10. The molecule has 3 aromatic rings. The Morgan fingerprint density at radius 2 is 2.08 bits per heavy atom. The maximum Gasteiger partial charge on any atom is 0.128 e. The average Bonchev–Trinajstić information content (AvgIpc) is 2.90. The largest absolute Gasteiger partial charge is 0.392 e. The van der Waals surface area contributed by atoms with Crippen molar-refractivity contribution in [3.63, 3.8) is 0 Å². The number of imidazole rings is 1. The van der Waals surface area contributed by atoms with Crippen LogP contribution in [0.15, 0.2) is 36.4 Å². The van der Waals surface area contributed by atoms with Crippen molar-refractivity contribution in [2.24, 2.45) is 7.05 Å². The van der Waals surface area contributed by atoms with Gasteiger partial charge >= 0.3 is 0 Å². The summed E-state index contributed by atoms with van der Waals surface area (Å²) in [6, 6.07) is 10.4. The third-order valence-corrected chi connectivity index (χ3v) is 4.39. The number of aliphatic hydroxyl groups excluding tert-OH is 1. The van der Waals surface area contributed by atoms with Crippen molar-refractivity contribution >= 4 is 22.6 Å². The first-order valence-electron chi connectivity index (χ1n) is 7.73. The summed E-state index contributed by atoms with van der Waals surface area (Å²) >= 11 is 6.05. The van der Waals surface area contributed by atoms with Gasteiger partial charge in [-0.1, -0.05) is 17.7 Å². The van der Waals surface area contributed by atoms with E-state index in [1.165, 1.54) is 6.07 Å². The minimum atomic E-state index is -0.387. The zero-order chi connectivity index (χ0) is 17.3. The van der Waals surface area contributed by atoms with Crippen molar-refractivity contribution in [2.75, 3.05) is 0 Å². The van der Waals surface area contributed by atoms with E-state index in [0.717, 1.165) is 22.4 Å². The Morgan fingerprint density at radius 1 is 1.29 bits per heavy atom. The van der Waals surface area contributed by atoms with Gasteiger partial charge in [0.05, 0.1) is 23.7 Å². The second kappa shape index (κ2) is 6.89. The molecule has 0 aliphatic rings. The minimum Gasteiger partial charge on any atom is -0.392 e. The van der Waals surface area contributed by atoms with Gasteiger partial charge in [-0.2, -0.15) is 0 Å². The van der Waals surface area contributed by atoms with Crippen LogP contribution in [-0.2, 0) is 20.2 Å². The van der Waals surface area contributed by atoms with E-state index >= 15 is 0 Å². The molecule has 126 valence electrons. The lowest BCUT2D eigenvalue weighted by Gasteiger charge is -2.14. The van der Waals surface area contributed by atoms with Crippen LogP contribution < -0.4 is 5.32 Å². The SMILES string of the molecule is CC(NCc1ccc(F)c(CO)c1)c1nc2ccc(Cl)cc2n1C. The van der Waals surface area contributed by atoms with Crippen LogP contribution in [0, 0.1) is 5.82 Å². The maximum atomic E-state index is 13.4. The summed E-state index contributed by atoms with van der Waals surface area (Å²) in [6.45, 7) is 2.28. The molecule has 2 N–H and O–H groups in total. The maximum absolute atomic E-state index is 13.4. The van der Waals surface area contributed by atoms with Gasteiger partial charge in [0.2, 0.25) is 0 Å². The van der Waals surface area contributed by atoms with Crippen molar-refractivity contribution < 1.29 is 9.50 Å². The molecule has 1 unspecified atom stereocenters. The molecule has 1 atom stereocenters. The first-order valence-corrected chi connectivity index (χ1v) is 8.11. The summed E-state index contributed by atoms with van der Waals surface area (Å²) in [6.07, 6.45) is 0. The van der Waals surface area contributed by atoms with Crippen molar-refractivity contribution in [2.45, 2.75) is 26.1 Å². The third kappa shape index (κ3) is 3.29. The van der Waals surface area contributed by atoms with E-state index in [-0.39, 0.29) is 18.5 Å². The Bertz CT molecular complexity index is 878. The zero-order valence-corrected chi connectivity index (χ0v) is 14.3. The highest BCUT2D eigenvalue weighted by Gasteiger charge is 2.14. The molecule has 24 heavy (non-hydrogen) atoms. The highest BCUT2D eigenvalue weighted by atomic mass is 35.5.